The van der Waals surface area contributed by atoms with E-state index in [4.69, 9.17) is 0 Å². The fourth-order valence-corrected chi connectivity index (χ4v) is 1.74. The zero-order valence-electron chi connectivity index (χ0n) is 4.59. The third-order valence-electron chi connectivity index (χ3n) is 1.36. The summed E-state index contributed by atoms with van der Waals surface area (Å²) in [6, 6.07) is 0. The molecule has 2 heterocycles. The summed E-state index contributed by atoms with van der Waals surface area (Å²) in [4.78, 5) is 7.70. The Kier molecular flexibility index (Phi) is 0.663. The average Bonchev–Trinajstić information content (AvgIpc) is 2.09. The summed E-state index contributed by atoms with van der Waals surface area (Å²) in [5, 5.41) is 0. The second-order valence-corrected chi connectivity index (χ2v) is 2.89. The van der Waals surface area contributed by atoms with E-state index in [1.165, 1.54) is 10.7 Å². The van der Waals surface area contributed by atoms with Crippen LogP contribution >= 0.6 is 11.3 Å². The monoisotopic (exact) mass is 126 g/mol. The molecule has 0 saturated carbocycles. The Morgan fingerprint density at radius 2 is 2.75 bits per heavy atom. The standard InChI is InChI=1S/C5H6N2S/c1-7-2-4-5(7)6-3-8-4/h3H,2H2,1H3. The number of hydrogen-bond donors (Lipinski definition) is 0. The Morgan fingerprint density at radius 3 is 3.25 bits per heavy atom. The highest BCUT2D eigenvalue weighted by molar-refractivity contribution is 7.10. The molecule has 42 valence electrons. The van der Waals surface area contributed by atoms with Crippen LogP contribution in [0.4, 0.5) is 5.82 Å². The number of aromatic nitrogens is 1. The second kappa shape index (κ2) is 1.23. The highest BCUT2D eigenvalue weighted by Crippen LogP contribution is 2.32. The van der Waals surface area contributed by atoms with Crippen LogP contribution in [0.1, 0.15) is 4.88 Å². The zero-order chi connectivity index (χ0) is 5.56. The molecule has 0 aliphatic carbocycles. The summed E-state index contributed by atoms with van der Waals surface area (Å²) in [5.74, 6) is 1.18. The van der Waals surface area contributed by atoms with E-state index in [1.807, 2.05) is 5.51 Å². The quantitative estimate of drug-likeness (QED) is 0.517. The molecule has 0 N–H and O–H groups in total. The topological polar surface area (TPSA) is 16.1 Å². The lowest BCUT2D eigenvalue weighted by molar-refractivity contribution is 0.835. The number of fused-ring (bicyclic) bond motifs is 1. The van der Waals surface area contributed by atoms with E-state index in [1.54, 1.807) is 11.3 Å². The number of rotatable bonds is 0. The maximum Gasteiger partial charge on any atom is 0.144 e. The lowest BCUT2D eigenvalue weighted by Gasteiger charge is -2.25. The lowest BCUT2D eigenvalue weighted by Crippen LogP contribution is -2.26. The molecule has 8 heavy (non-hydrogen) atoms. The van der Waals surface area contributed by atoms with Crippen molar-refractivity contribution in [3.05, 3.63) is 10.4 Å². The number of anilines is 1. The van der Waals surface area contributed by atoms with Gasteiger partial charge in [-0.15, -0.1) is 11.3 Å². The molecule has 0 unspecified atom stereocenters. The van der Waals surface area contributed by atoms with Crippen LogP contribution in [0.2, 0.25) is 0 Å². The maximum absolute atomic E-state index is 4.13. The lowest BCUT2D eigenvalue weighted by atomic mass is 10.3. The van der Waals surface area contributed by atoms with Crippen molar-refractivity contribution in [3.63, 3.8) is 0 Å². The largest absolute Gasteiger partial charge is 0.353 e. The minimum absolute atomic E-state index is 1.10. The fraction of sp³-hybridized carbons (Fsp3) is 0.400. The fourth-order valence-electron chi connectivity index (χ4n) is 0.883. The van der Waals surface area contributed by atoms with Gasteiger partial charge in [0.15, 0.2) is 0 Å². The summed E-state index contributed by atoms with van der Waals surface area (Å²) in [5.41, 5.74) is 1.90. The van der Waals surface area contributed by atoms with Crippen LogP contribution in [0, 0.1) is 0 Å². The van der Waals surface area contributed by atoms with Crippen molar-refractivity contribution in [1.82, 2.24) is 4.98 Å². The predicted molar refractivity (Wildman–Crippen MR) is 34.2 cm³/mol. The third kappa shape index (κ3) is 0.351. The summed E-state index contributed by atoms with van der Waals surface area (Å²) in [7, 11) is 2.06. The van der Waals surface area contributed by atoms with Gasteiger partial charge in [-0.3, -0.25) is 0 Å². The minimum Gasteiger partial charge on any atom is -0.353 e. The first kappa shape index (κ1) is 4.32. The Bertz CT molecular complexity index is 206. The number of nitrogens with zero attached hydrogens (tertiary/aromatic N) is 2. The summed E-state index contributed by atoms with van der Waals surface area (Å²) in [6.45, 7) is 1.10. The van der Waals surface area contributed by atoms with Crippen LogP contribution in [-0.4, -0.2) is 12.0 Å². The van der Waals surface area contributed by atoms with Gasteiger partial charge in [-0.05, 0) is 0 Å². The van der Waals surface area contributed by atoms with Crippen molar-refractivity contribution in [1.29, 1.82) is 0 Å². The normalized spacial score (nSPS) is 15.4. The van der Waals surface area contributed by atoms with E-state index in [0.717, 1.165) is 6.54 Å². The summed E-state index contributed by atoms with van der Waals surface area (Å²) >= 11 is 1.74. The van der Waals surface area contributed by atoms with Crippen molar-refractivity contribution in [2.45, 2.75) is 6.54 Å². The van der Waals surface area contributed by atoms with Gasteiger partial charge in [0.1, 0.15) is 5.82 Å². The van der Waals surface area contributed by atoms with Gasteiger partial charge in [0.2, 0.25) is 0 Å². The van der Waals surface area contributed by atoms with E-state index in [2.05, 4.69) is 16.9 Å². The first-order valence-electron chi connectivity index (χ1n) is 2.51. The van der Waals surface area contributed by atoms with Crippen molar-refractivity contribution in [3.8, 4) is 0 Å². The molecule has 1 aliphatic heterocycles. The Balaban J connectivity index is 2.53. The molecular weight excluding hydrogens is 120 g/mol. The van der Waals surface area contributed by atoms with Crippen LogP contribution in [-0.2, 0) is 6.54 Å². The molecule has 0 saturated heterocycles. The van der Waals surface area contributed by atoms with Gasteiger partial charge in [-0.1, -0.05) is 0 Å². The van der Waals surface area contributed by atoms with E-state index >= 15 is 0 Å². The molecule has 2 nitrogen and oxygen atoms in total. The first-order valence-corrected chi connectivity index (χ1v) is 3.39. The van der Waals surface area contributed by atoms with Gasteiger partial charge in [0.05, 0.1) is 16.9 Å². The van der Waals surface area contributed by atoms with Gasteiger partial charge in [-0.2, -0.15) is 0 Å². The average molecular weight is 126 g/mol. The molecule has 1 aliphatic rings. The molecule has 1 aromatic rings. The van der Waals surface area contributed by atoms with Crippen molar-refractivity contribution >= 4 is 17.2 Å². The van der Waals surface area contributed by atoms with Gasteiger partial charge >= 0.3 is 0 Å². The molecule has 0 bridgehead atoms. The third-order valence-corrected chi connectivity index (χ3v) is 2.17. The Labute approximate surface area is 51.8 Å². The molecule has 3 heteroatoms. The second-order valence-electron chi connectivity index (χ2n) is 1.96. The molecule has 1 aromatic heterocycles. The molecule has 0 aromatic carbocycles. The molecule has 0 atom stereocenters. The van der Waals surface area contributed by atoms with Crippen LogP contribution in [0.25, 0.3) is 0 Å². The molecule has 0 fully saturated rings. The van der Waals surface area contributed by atoms with Crippen LogP contribution in [0.5, 0.6) is 0 Å². The van der Waals surface area contributed by atoms with E-state index in [0.29, 0.717) is 0 Å². The smallest absolute Gasteiger partial charge is 0.144 e. The first-order chi connectivity index (χ1) is 3.88. The van der Waals surface area contributed by atoms with Gasteiger partial charge < -0.3 is 4.90 Å². The van der Waals surface area contributed by atoms with Gasteiger partial charge in [0, 0.05) is 7.05 Å². The van der Waals surface area contributed by atoms with E-state index < -0.39 is 0 Å². The van der Waals surface area contributed by atoms with Gasteiger partial charge in [0.25, 0.3) is 0 Å². The summed E-state index contributed by atoms with van der Waals surface area (Å²) in [6.07, 6.45) is 0. The predicted octanol–water partition coefficient (Wildman–Crippen LogP) is 1.09. The molecular formula is C5H6N2S. The Morgan fingerprint density at radius 1 is 1.88 bits per heavy atom. The highest BCUT2D eigenvalue weighted by atomic mass is 32.1. The number of hydrogen-bond acceptors (Lipinski definition) is 3. The highest BCUT2D eigenvalue weighted by Gasteiger charge is 2.20. The van der Waals surface area contributed by atoms with E-state index in [9.17, 15) is 0 Å². The molecule has 0 amide bonds. The number of thiazole rings is 1. The van der Waals surface area contributed by atoms with Crippen LogP contribution in [0.3, 0.4) is 0 Å². The van der Waals surface area contributed by atoms with Crippen molar-refractivity contribution in [2.24, 2.45) is 0 Å². The molecule has 2 rings (SSSR count). The van der Waals surface area contributed by atoms with Gasteiger partial charge in [-0.25, -0.2) is 4.98 Å². The van der Waals surface area contributed by atoms with Crippen LogP contribution < -0.4 is 4.90 Å². The SMILES string of the molecule is CN1Cc2scnc21. The van der Waals surface area contributed by atoms with Crippen LogP contribution in [0.15, 0.2) is 5.51 Å². The maximum atomic E-state index is 4.13. The molecule has 0 spiro atoms. The Hall–Kier alpha value is -0.570. The van der Waals surface area contributed by atoms with E-state index in [-0.39, 0.29) is 0 Å². The summed E-state index contributed by atoms with van der Waals surface area (Å²) < 4.78 is 0. The molecule has 0 radical (unpaired) electrons. The minimum atomic E-state index is 1.10. The van der Waals surface area contributed by atoms with Crippen molar-refractivity contribution < 1.29 is 0 Å². The zero-order valence-corrected chi connectivity index (χ0v) is 5.40. The van der Waals surface area contributed by atoms with Crippen molar-refractivity contribution in [2.75, 3.05) is 11.9 Å².